The highest BCUT2D eigenvalue weighted by atomic mass is 35.5. The average Bonchev–Trinajstić information content (AvgIpc) is 2.65. The number of oxazole rings is 1. The molecular weight excluding hydrogens is 218 g/mol. The Balaban J connectivity index is 0.00000112. The number of halogens is 1. The maximum Gasteiger partial charge on any atom is 0.276 e. The Morgan fingerprint density at radius 2 is 2.20 bits per heavy atom. The monoisotopic (exact) mass is 231 g/mol. The summed E-state index contributed by atoms with van der Waals surface area (Å²) in [5.41, 5.74) is 0.437. The highest BCUT2D eigenvalue weighted by Crippen LogP contribution is 2.08. The van der Waals surface area contributed by atoms with Crippen LogP contribution in [0.3, 0.4) is 0 Å². The lowest BCUT2D eigenvalue weighted by Crippen LogP contribution is -2.46. The van der Waals surface area contributed by atoms with E-state index in [0.717, 1.165) is 26.2 Å². The number of aryl methyl sites for hydroxylation is 1. The lowest BCUT2D eigenvalue weighted by molar-refractivity contribution is 0.0729. The van der Waals surface area contributed by atoms with Crippen molar-refractivity contribution in [3.05, 3.63) is 17.8 Å². The average molecular weight is 232 g/mol. The van der Waals surface area contributed by atoms with Gasteiger partial charge in [-0.25, -0.2) is 4.98 Å². The molecule has 0 unspecified atom stereocenters. The van der Waals surface area contributed by atoms with E-state index in [1.165, 1.54) is 6.39 Å². The van der Waals surface area contributed by atoms with Gasteiger partial charge in [-0.3, -0.25) is 4.79 Å². The molecule has 1 aliphatic rings. The standard InChI is InChI=1S/C9H13N3O2.ClH/c1-7-8(11-6-14-7)9(13)12-4-2-10-3-5-12;/h6,10H,2-5H2,1H3;1H. The summed E-state index contributed by atoms with van der Waals surface area (Å²) in [7, 11) is 0. The topological polar surface area (TPSA) is 58.4 Å². The molecule has 0 bridgehead atoms. The number of carbonyl (C=O) groups is 1. The molecular formula is C9H14ClN3O2. The number of rotatable bonds is 1. The lowest BCUT2D eigenvalue weighted by atomic mass is 10.3. The Morgan fingerprint density at radius 3 is 2.73 bits per heavy atom. The molecule has 1 saturated heterocycles. The molecule has 1 aromatic rings. The molecule has 2 rings (SSSR count). The first kappa shape index (κ1) is 12.0. The molecule has 0 radical (unpaired) electrons. The molecule has 0 atom stereocenters. The van der Waals surface area contributed by atoms with Crippen molar-refractivity contribution < 1.29 is 9.21 Å². The van der Waals surface area contributed by atoms with Gasteiger partial charge >= 0.3 is 0 Å². The zero-order valence-electron chi connectivity index (χ0n) is 8.52. The third-order valence-corrected chi connectivity index (χ3v) is 2.35. The van der Waals surface area contributed by atoms with E-state index in [9.17, 15) is 4.79 Å². The smallest absolute Gasteiger partial charge is 0.276 e. The zero-order valence-corrected chi connectivity index (χ0v) is 9.34. The third-order valence-electron chi connectivity index (χ3n) is 2.35. The van der Waals surface area contributed by atoms with E-state index in [1.54, 1.807) is 11.8 Å². The van der Waals surface area contributed by atoms with Crippen molar-refractivity contribution in [2.45, 2.75) is 6.92 Å². The summed E-state index contributed by atoms with van der Waals surface area (Å²) in [6, 6.07) is 0. The van der Waals surface area contributed by atoms with Crippen molar-refractivity contribution in [2.75, 3.05) is 26.2 Å². The highest BCUT2D eigenvalue weighted by Gasteiger charge is 2.21. The molecule has 0 spiro atoms. The van der Waals surface area contributed by atoms with Crippen LogP contribution in [0, 0.1) is 6.92 Å². The van der Waals surface area contributed by atoms with Crippen LogP contribution in [-0.4, -0.2) is 42.0 Å². The quantitative estimate of drug-likeness (QED) is 0.763. The van der Waals surface area contributed by atoms with E-state index in [2.05, 4.69) is 10.3 Å². The van der Waals surface area contributed by atoms with Gasteiger partial charge in [0.25, 0.3) is 5.91 Å². The van der Waals surface area contributed by atoms with Gasteiger partial charge in [-0.1, -0.05) is 0 Å². The van der Waals surface area contributed by atoms with Crippen molar-refractivity contribution in [3.8, 4) is 0 Å². The van der Waals surface area contributed by atoms with E-state index in [-0.39, 0.29) is 18.3 Å². The van der Waals surface area contributed by atoms with E-state index in [1.807, 2.05) is 0 Å². The zero-order chi connectivity index (χ0) is 9.97. The fraction of sp³-hybridized carbons (Fsp3) is 0.556. The molecule has 84 valence electrons. The first-order chi connectivity index (χ1) is 6.79. The molecule has 1 N–H and O–H groups in total. The van der Waals surface area contributed by atoms with Gasteiger partial charge in [-0.15, -0.1) is 12.4 Å². The van der Waals surface area contributed by atoms with Gasteiger partial charge in [0.05, 0.1) is 0 Å². The summed E-state index contributed by atoms with van der Waals surface area (Å²) >= 11 is 0. The maximum absolute atomic E-state index is 11.9. The Kier molecular flexibility index (Phi) is 4.11. The number of carbonyl (C=O) groups excluding carboxylic acids is 1. The Morgan fingerprint density at radius 1 is 1.53 bits per heavy atom. The van der Waals surface area contributed by atoms with E-state index in [0.29, 0.717) is 11.5 Å². The summed E-state index contributed by atoms with van der Waals surface area (Å²) in [5.74, 6) is 0.561. The molecule has 1 aliphatic heterocycles. The molecule has 15 heavy (non-hydrogen) atoms. The van der Waals surface area contributed by atoms with Gasteiger partial charge in [0, 0.05) is 26.2 Å². The largest absolute Gasteiger partial charge is 0.448 e. The van der Waals surface area contributed by atoms with Crippen molar-refractivity contribution in [3.63, 3.8) is 0 Å². The van der Waals surface area contributed by atoms with Crippen molar-refractivity contribution in [2.24, 2.45) is 0 Å². The Labute approximate surface area is 94.3 Å². The number of aromatic nitrogens is 1. The molecule has 1 aromatic heterocycles. The molecule has 0 aliphatic carbocycles. The van der Waals surface area contributed by atoms with Gasteiger partial charge in [0.1, 0.15) is 5.76 Å². The Bertz CT molecular complexity index is 334. The number of hydrogen-bond donors (Lipinski definition) is 1. The van der Waals surface area contributed by atoms with Crippen LogP contribution in [0.1, 0.15) is 16.2 Å². The number of piperazine rings is 1. The van der Waals surface area contributed by atoms with Crippen LogP contribution in [0.5, 0.6) is 0 Å². The minimum absolute atomic E-state index is 0. The van der Waals surface area contributed by atoms with Gasteiger partial charge in [0.2, 0.25) is 0 Å². The molecule has 0 aromatic carbocycles. The highest BCUT2D eigenvalue weighted by molar-refractivity contribution is 5.93. The van der Waals surface area contributed by atoms with Crippen LogP contribution in [0.2, 0.25) is 0 Å². The van der Waals surface area contributed by atoms with E-state index >= 15 is 0 Å². The predicted octanol–water partition coefficient (Wildman–Crippen LogP) is 0.450. The van der Waals surface area contributed by atoms with Crippen molar-refractivity contribution >= 4 is 18.3 Å². The summed E-state index contributed by atoms with van der Waals surface area (Å²) in [5, 5.41) is 3.19. The molecule has 0 saturated carbocycles. The minimum atomic E-state index is -0.0299. The fourth-order valence-corrected chi connectivity index (χ4v) is 1.53. The minimum Gasteiger partial charge on any atom is -0.448 e. The summed E-state index contributed by atoms with van der Waals surface area (Å²) < 4.78 is 5.00. The SMILES string of the molecule is Cc1ocnc1C(=O)N1CCNCC1.Cl. The maximum atomic E-state index is 11.9. The van der Waals surface area contributed by atoms with Crippen molar-refractivity contribution in [1.29, 1.82) is 0 Å². The summed E-state index contributed by atoms with van der Waals surface area (Å²) in [6.45, 7) is 4.93. The predicted molar refractivity (Wildman–Crippen MR) is 57.3 cm³/mol. The Hall–Kier alpha value is -1.07. The lowest BCUT2D eigenvalue weighted by Gasteiger charge is -2.26. The van der Waals surface area contributed by atoms with E-state index in [4.69, 9.17) is 4.42 Å². The van der Waals surface area contributed by atoms with E-state index < -0.39 is 0 Å². The van der Waals surface area contributed by atoms with Crippen LogP contribution >= 0.6 is 12.4 Å². The second kappa shape index (κ2) is 5.14. The van der Waals surface area contributed by atoms with Crippen molar-refractivity contribution in [1.82, 2.24) is 15.2 Å². The van der Waals surface area contributed by atoms with Gasteiger partial charge < -0.3 is 14.6 Å². The fourth-order valence-electron chi connectivity index (χ4n) is 1.53. The van der Waals surface area contributed by atoms with Crippen LogP contribution in [0.25, 0.3) is 0 Å². The molecule has 2 heterocycles. The van der Waals surface area contributed by atoms with Crippen LogP contribution in [0.4, 0.5) is 0 Å². The number of hydrogen-bond acceptors (Lipinski definition) is 4. The van der Waals surface area contributed by atoms with Gasteiger partial charge in [-0.05, 0) is 6.92 Å². The number of nitrogens with one attached hydrogen (secondary N) is 1. The first-order valence-corrected chi connectivity index (χ1v) is 4.69. The van der Waals surface area contributed by atoms with Crippen LogP contribution < -0.4 is 5.32 Å². The molecule has 5 nitrogen and oxygen atoms in total. The summed E-state index contributed by atoms with van der Waals surface area (Å²) in [4.78, 5) is 17.6. The number of nitrogens with zero attached hydrogens (tertiary/aromatic N) is 2. The van der Waals surface area contributed by atoms with Crippen LogP contribution in [0.15, 0.2) is 10.8 Å². The molecule has 1 fully saturated rings. The second-order valence-electron chi connectivity index (χ2n) is 3.30. The molecule has 6 heteroatoms. The normalized spacial score (nSPS) is 15.9. The van der Waals surface area contributed by atoms with Gasteiger partial charge in [0.15, 0.2) is 12.1 Å². The van der Waals surface area contributed by atoms with Gasteiger partial charge in [-0.2, -0.15) is 0 Å². The summed E-state index contributed by atoms with van der Waals surface area (Å²) in [6.07, 6.45) is 1.31. The van der Waals surface area contributed by atoms with Crippen LogP contribution in [-0.2, 0) is 0 Å². The third kappa shape index (κ3) is 2.49. The molecule has 1 amide bonds. The first-order valence-electron chi connectivity index (χ1n) is 4.69. The second-order valence-corrected chi connectivity index (χ2v) is 3.30. The number of amides is 1.